The van der Waals surface area contributed by atoms with Gasteiger partial charge in [0.2, 0.25) is 0 Å². The molecule has 2 atom stereocenters. The molecule has 0 spiro atoms. The van der Waals surface area contributed by atoms with E-state index in [0.29, 0.717) is 0 Å². The average molecular weight is 1450 g/mol. The predicted molar refractivity (Wildman–Crippen MR) is 459 cm³/mol. The number of benzene rings is 16. The van der Waals surface area contributed by atoms with Crippen LogP contribution in [0.25, 0.3) is 67.8 Å². The lowest BCUT2D eigenvalue weighted by atomic mass is 9.66. The highest BCUT2D eigenvalue weighted by Crippen LogP contribution is 2.61. The van der Waals surface area contributed by atoms with Gasteiger partial charge in [0.25, 0.3) is 0 Å². The van der Waals surface area contributed by atoms with E-state index in [2.05, 4.69) is 318 Å². The Balaban J connectivity index is 0.745. The molecule has 0 saturated carbocycles. The number of fused-ring (bicyclic) bond motifs is 6. The van der Waals surface area contributed by atoms with Crippen molar-refractivity contribution in [3.63, 3.8) is 0 Å². The van der Waals surface area contributed by atoms with Gasteiger partial charge in [0, 0.05) is 34.1 Å². The molecule has 0 bridgehead atoms. The van der Waals surface area contributed by atoms with E-state index < -0.39 is 10.8 Å². The van der Waals surface area contributed by atoms with Crippen molar-refractivity contribution in [3.05, 3.63) is 467 Å². The molecule has 2 unspecified atom stereocenters. The fraction of sp³-hybridized carbons (Fsp3) is 0.0566. The lowest BCUT2D eigenvalue weighted by molar-refractivity contribution is 0.482. The first-order valence-electron chi connectivity index (χ1n) is 38.0. The smallest absolute Gasteiger partial charge is 0.127 e. The van der Waals surface area contributed by atoms with E-state index in [1.165, 1.54) is 102 Å². The van der Waals surface area contributed by atoms with Gasteiger partial charge < -0.3 is 19.3 Å². The van der Waals surface area contributed by atoms with Gasteiger partial charge in [-0.05, 0) is 296 Å². The topological polar surface area (TPSA) is 24.9 Å². The monoisotopic (exact) mass is 1450 g/mol. The molecule has 112 heavy (non-hydrogen) atoms. The SMILES string of the molecule is C=Cc1ccc(Oc2ccc(C3(c4cc(C)ccc4C)c4ccccc4-c4ccc(N(c5ccc(-c6ccc(F)cc6)cc5)c5ccc(-c6ccc(N(c7ccc(-c8ccc(F)cc8)cc7)c7ccc8c(c7)C(c7ccc(Oc9ccc(C=C)cc9)cc7)(c7cc(C)ccc7C)c7ccccc7-8)cc6)cc5)cc43)cc2)cc1. The van der Waals surface area contributed by atoms with Gasteiger partial charge in [0.15, 0.2) is 0 Å². The molecule has 0 aliphatic heterocycles. The standard InChI is InChI=1S/C106H78F2N2O2/c1-7-73-21-55-91(56-22-73)111-93-59-37-81(38-60-93)105(101-65-69(3)17-19-71(101)5)99-15-11-9-13-95(99)97-63-53-89(67-103(97)105)109(85-45-29-77(30-46-85)75-25-41-83(107)42-26-75)87-49-33-79(34-50-87)80-35-51-88(52-36-80)110(86-47-31-78(32-48-86)76-27-43-84(108)44-28-76)90-54-64-98-96-14-10-12-16-100(96)106(104(98)68-90,102-66-70(4)18-20-72(102)6)82-39-61-94(62-40-82)112-92-57-23-74(8-2)24-58-92/h7-68H,1-2H2,3-6H3. The Kier molecular flexibility index (Phi) is 18.0. The number of aryl methyl sites for hydroxylation is 4. The number of halogens is 2. The minimum absolute atomic E-state index is 0.273. The van der Waals surface area contributed by atoms with Crippen LogP contribution in [0.1, 0.15) is 77.9 Å². The molecule has 538 valence electrons. The van der Waals surface area contributed by atoms with Crippen molar-refractivity contribution in [2.75, 3.05) is 9.80 Å². The molecular weight excluding hydrogens is 1370 g/mol. The van der Waals surface area contributed by atoms with Crippen molar-refractivity contribution in [2.24, 2.45) is 0 Å². The predicted octanol–water partition coefficient (Wildman–Crippen LogP) is 28.7. The van der Waals surface area contributed by atoms with Crippen LogP contribution in [0.3, 0.4) is 0 Å². The summed E-state index contributed by atoms with van der Waals surface area (Å²) < 4.78 is 41.8. The zero-order valence-electron chi connectivity index (χ0n) is 62.7. The molecule has 0 saturated heterocycles. The quantitative estimate of drug-likeness (QED) is 0.0806. The summed E-state index contributed by atoms with van der Waals surface area (Å²) >= 11 is 0. The van der Waals surface area contributed by atoms with Crippen LogP contribution in [0, 0.1) is 39.3 Å². The third kappa shape index (κ3) is 12.4. The van der Waals surface area contributed by atoms with E-state index in [0.717, 1.165) is 113 Å². The molecule has 16 aromatic rings. The van der Waals surface area contributed by atoms with Crippen molar-refractivity contribution in [1.29, 1.82) is 0 Å². The van der Waals surface area contributed by atoms with Crippen LogP contribution < -0.4 is 19.3 Å². The summed E-state index contributed by atoms with van der Waals surface area (Å²) in [4.78, 5) is 4.70. The molecule has 0 N–H and O–H groups in total. The van der Waals surface area contributed by atoms with Crippen LogP contribution in [0.5, 0.6) is 23.0 Å². The number of ether oxygens (including phenoxy) is 2. The summed E-state index contributed by atoms with van der Waals surface area (Å²) in [5, 5.41) is 0. The van der Waals surface area contributed by atoms with Gasteiger partial charge in [-0.25, -0.2) is 8.78 Å². The molecule has 0 amide bonds. The molecule has 0 aromatic heterocycles. The highest BCUT2D eigenvalue weighted by atomic mass is 19.1. The second-order valence-corrected chi connectivity index (χ2v) is 29.4. The van der Waals surface area contributed by atoms with E-state index >= 15 is 0 Å². The minimum Gasteiger partial charge on any atom is -0.457 e. The molecule has 4 nitrogen and oxygen atoms in total. The van der Waals surface area contributed by atoms with Gasteiger partial charge in [0.05, 0.1) is 10.8 Å². The average Bonchev–Trinajstić information content (AvgIpc) is 1.57. The zero-order chi connectivity index (χ0) is 76.2. The van der Waals surface area contributed by atoms with E-state index in [-0.39, 0.29) is 11.6 Å². The second kappa shape index (κ2) is 28.9. The minimum atomic E-state index is -0.736. The summed E-state index contributed by atoms with van der Waals surface area (Å²) in [6.07, 6.45) is 3.67. The molecule has 0 heterocycles. The Bertz CT molecular complexity index is 5850. The summed E-state index contributed by atoms with van der Waals surface area (Å²) in [7, 11) is 0. The van der Waals surface area contributed by atoms with Crippen molar-refractivity contribution in [1.82, 2.24) is 0 Å². The van der Waals surface area contributed by atoms with Crippen LogP contribution in [-0.4, -0.2) is 0 Å². The maximum atomic E-state index is 14.4. The second-order valence-electron chi connectivity index (χ2n) is 29.4. The fourth-order valence-corrected chi connectivity index (χ4v) is 17.2. The van der Waals surface area contributed by atoms with Gasteiger partial charge in [0.1, 0.15) is 34.6 Å². The third-order valence-electron chi connectivity index (χ3n) is 22.6. The maximum absolute atomic E-state index is 14.4. The molecule has 0 fully saturated rings. The number of hydrogen-bond acceptors (Lipinski definition) is 4. The lowest BCUT2D eigenvalue weighted by Crippen LogP contribution is -2.30. The summed E-state index contributed by atoms with van der Waals surface area (Å²) in [6.45, 7) is 16.7. The van der Waals surface area contributed by atoms with Gasteiger partial charge >= 0.3 is 0 Å². The summed E-state index contributed by atoms with van der Waals surface area (Å²) in [6, 6.07) is 127. The van der Waals surface area contributed by atoms with Crippen molar-refractivity contribution in [3.8, 4) is 78.6 Å². The Labute approximate surface area is 654 Å². The van der Waals surface area contributed by atoms with Crippen LogP contribution in [-0.2, 0) is 10.8 Å². The van der Waals surface area contributed by atoms with Crippen molar-refractivity contribution >= 4 is 46.3 Å². The molecule has 18 rings (SSSR count). The fourth-order valence-electron chi connectivity index (χ4n) is 17.2. The number of rotatable bonds is 19. The Morgan fingerprint density at radius 1 is 0.259 bits per heavy atom. The molecule has 2 aliphatic carbocycles. The lowest BCUT2D eigenvalue weighted by Gasteiger charge is -2.36. The van der Waals surface area contributed by atoms with Crippen LogP contribution in [0.4, 0.5) is 42.9 Å². The first kappa shape index (κ1) is 69.8. The van der Waals surface area contributed by atoms with E-state index in [1.807, 2.05) is 84.9 Å². The summed E-state index contributed by atoms with van der Waals surface area (Å²) in [5.41, 5.74) is 31.2. The largest absolute Gasteiger partial charge is 0.457 e. The van der Waals surface area contributed by atoms with Crippen LogP contribution in [0.2, 0.25) is 0 Å². The number of anilines is 6. The number of hydrogen-bond donors (Lipinski definition) is 0. The molecule has 16 aromatic carbocycles. The molecule has 2 aliphatic rings. The van der Waals surface area contributed by atoms with Crippen LogP contribution in [0.15, 0.2) is 377 Å². The molecule has 6 heteroatoms. The van der Waals surface area contributed by atoms with Gasteiger partial charge in [-0.2, -0.15) is 0 Å². The Morgan fingerprint density at radius 2 is 0.536 bits per heavy atom. The first-order chi connectivity index (χ1) is 54.8. The maximum Gasteiger partial charge on any atom is 0.127 e. The summed E-state index contributed by atoms with van der Waals surface area (Å²) in [5.74, 6) is 2.44. The first-order valence-corrected chi connectivity index (χ1v) is 38.0. The van der Waals surface area contributed by atoms with E-state index in [1.54, 1.807) is 0 Å². The molecule has 0 radical (unpaired) electrons. The van der Waals surface area contributed by atoms with E-state index in [4.69, 9.17) is 9.47 Å². The van der Waals surface area contributed by atoms with Gasteiger partial charge in [-0.15, -0.1) is 0 Å². The Hall–Kier alpha value is -13.9. The normalized spacial score (nSPS) is 14.3. The van der Waals surface area contributed by atoms with Gasteiger partial charge in [-0.3, -0.25) is 0 Å². The zero-order valence-corrected chi connectivity index (χ0v) is 62.7. The highest BCUT2D eigenvalue weighted by Gasteiger charge is 2.49. The number of nitrogens with zero attached hydrogens (tertiary/aromatic N) is 2. The Morgan fingerprint density at radius 3 is 0.848 bits per heavy atom. The van der Waals surface area contributed by atoms with E-state index in [9.17, 15) is 8.78 Å². The van der Waals surface area contributed by atoms with Crippen molar-refractivity contribution < 1.29 is 18.3 Å². The van der Waals surface area contributed by atoms with Crippen LogP contribution >= 0.6 is 0 Å². The highest BCUT2D eigenvalue weighted by molar-refractivity contribution is 5.93. The third-order valence-corrected chi connectivity index (χ3v) is 22.6. The molecular formula is C106H78F2N2O2. The van der Waals surface area contributed by atoms with Gasteiger partial charge in [-0.1, -0.05) is 255 Å². The van der Waals surface area contributed by atoms with Crippen molar-refractivity contribution in [2.45, 2.75) is 38.5 Å².